The van der Waals surface area contributed by atoms with Gasteiger partial charge in [-0.2, -0.15) is 0 Å². The highest BCUT2D eigenvalue weighted by Crippen LogP contribution is 2.32. The van der Waals surface area contributed by atoms with Crippen LogP contribution in [0.4, 0.5) is 0 Å². The van der Waals surface area contributed by atoms with Gasteiger partial charge in [0.2, 0.25) is 6.79 Å². The van der Waals surface area contributed by atoms with Crippen LogP contribution in [0, 0.1) is 0 Å². The standard InChI is InChI=1S/C13H15NO4/c1-9(15)5-6-14(2)13(16)10-3-4-11-12(7-10)18-8-17-11/h3-4,7H,5-6,8H2,1-2H3. The Bertz CT molecular complexity index is 484. The van der Waals surface area contributed by atoms with Gasteiger partial charge < -0.3 is 14.4 Å². The zero-order valence-corrected chi connectivity index (χ0v) is 10.4. The minimum atomic E-state index is -0.130. The molecule has 0 saturated carbocycles. The summed E-state index contributed by atoms with van der Waals surface area (Å²) in [5.41, 5.74) is 0.533. The van der Waals surface area contributed by atoms with Gasteiger partial charge in [0, 0.05) is 25.6 Å². The van der Waals surface area contributed by atoms with Gasteiger partial charge in [-0.15, -0.1) is 0 Å². The van der Waals surface area contributed by atoms with E-state index >= 15 is 0 Å². The van der Waals surface area contributed by atoms with Crippen LogP contribution in [-0.4, -0.2) is 37.0 Å². The van der Waals surface area contributed by atoms with E-state index in [-0.39, 0.29) is 18.5 Å². The maximum atomic E-state index is 12.1. The third-order valence-corrected chi connectivity index (χ3v) is 2.77. The molecule has 0 aromatic heterocycles. The molecular formula is C13H15NO4. The van der Waals surface area contributed by atoms with Crippen molar-refractivity contribution in [1.29, 1.82) is 0 Å². The second-order valence-corrected chi connectivity index (χ2v) is 4.25. The molecule has 1 aliphatic heterocycles. The number of ketones is 1. The molecule has 5 heteroatoms. The molecule has 0 saturated heterocycles. The summed E-state index contributed by atoms with van der Waals surface area (Å²) in [5, 5.41) is 0. The lowest BCUT2D eigenvalue weighted by molar-refractivity contribution is -0.117. The zero-order valence-electron chi connectivity index (χ0n) is 10.4. The average Bonchev–Trinajstić information content (AvgIpc) is 2.81. The third kappa shape index (κ3) is 2.61. The van der Waals surface area contributed by atoms with E-state index in [9.17, 15) is 9.59 Å². The first kappa shape index (κ1) is 12.4. The largest absolute Gasteiger partial charge is 0.454 e. The number of nitrogens with zero attached hydrogens (tertiary/aromatic N) is 1. The molecule has 0 atom stereocenters. The highest BCUT2D eigenvalue weighted by Gasteiger charge is 2.18. The topological polar surface area (TPSA) is 55.8 Å². The van der Waals surface area contributed by atoms with E-state index in [1.54, 1.807) is 25.2 Å². The van der Waals surface area contributed by atoms with E-state index in [0.29, 0.717) is 30.0 Å². The summed E-state index contributed by atoms with van der Waals surface area (Å²) in [4.78, 5) is 24.5. The molecule has 2 rings (SSSR count). The minimum Gasteiger partial charge on any atom is -0.454 e. The molecule has 1 amide bonds. The zero-order chi connectivity index (χ0) is 13.1. The second-order valence-electron chi connectivity index (χ2n) is 4.25. The highest BCUT2D eigenvalue weighted by molar-refractivity contribution is 5.95. The smallest absolute Gasteiger partial charge is 0.253 e. The quantitative estimate of drug-likeness (QED) is 0.810. The van der Waals surface area contributed by atoms with Gasteiger partial charge in [-0.1, -0.05) is 0 Å². The van der Waals surface area contributed by atoms with Gasteiger partial charge in [0.05, 0.1) is 0 Å². The number of ether oxygens (including phenoxy) is 2. The summed E-state index contributed by atoms with van der Waals surface area (Å²) in [7, 11) is 1.68. The molecule has 1 heterocycles. The summed E-state index contributed by atoms with van der Waals surface area (Å²) in [6.07, 6.45) is 0.368. The van der Waals surface area contributed by atoms with E-state index in [2.05, 4.69) is 0 Å². The molecule has 0 spiro atoms. The molecule has 1 aliphatic rings. The minimum absolute atomic E-state index is 0.0698. The molecule has 1 aromatic carbocycles. The summed E-state index contributed by atoms with van der Waals surface area (Å²) < 4.78 is 10.4. The second kappa shape index (κ2) is 5.08. The van der Waals surface area contributed by atoms with Crippen LogP contribution in [0.3, 0.4) is 0 Å². The Morgan fingerprint density at radius 3 is 2.72 bits per heavy atom. The van der Waals surface area contributed by atoms with Crippen molar-refractivity contribution < 1.29 is 19.1 Å². The number of hydrogen-bond donors (Lipinski definition) is 0. The summed E-state index contributed by atoms with van der Waals surface area (Å²) in [6.45, 7) is 2.12. The maximum Gasteiger partial charge on any atom is 0.253 e. The number of rotatable bonds is 4. The van der Waals surface area contributed by atoms with Crippen LogP contribution in [-0.2, 0) is 4.79 Å². The fourth-order valence-electron chi connectivity index (χ4n) is 1.68. The van der Waals surface area contributed by atoms with Crippen LogP contribution in [0.25, 0.3) is 0 Å². The van der Waals surface area contributed by atoms with Crippen LogP contribution < -0.4 is 9.47 Å². The first-order valence-corrected chi connectivity index (χ1v) is 5.72. The number of hydrogen-bond acceptors (Lipinski definition) is 4. The molecule has 96 valence electrons. The first-order valence-electron chi connectivity index (χ1n) is 5.72. The van der Waals surface area contributed by atoms with Crippen molar-refractivity contribution in [2.75, 3.05) is 20.4 Å². The first-order chi connectivity index (χ1) is 8.58. The third-order valence-electron chi connectivity index (χ3n) is 2.77. The van der Waals surface area contributed by atoms with Gasteiger partial charge >= 0.3 is 0 Å². The number of fused-ring (bicyclic) bond motifs is 1. The normalized spacial score (nSPS) is 12.3. The molecule has 0 fully saturated rings. The fraction of sp³-hybridized carbons (Fsp3) is 0.385. The van der Waals surface area contributed by atoms with E-state index in [1.807, 2.05) is 0 Å². The van der Waals surface area contributed by atoms with Gasteiger partial charge in [0.25, 0.3) is 5.91 Å². The maximum absolute atomic E-state index is 12.1. The van der Waals surface area contributed by atoms with Gasteiger partial charge in [-0.25, -0.2) is 0 Å². The number of amides is 1. The summed E-state index contributed by atoms with van der Waals surface area (Å²) >= 11 is 0. The predicted molar refractivity (Wildman–Crippen MR) is 64.8 cm³/mol. The molecule has 0 bridgehead atoms. The van der Waals surface area contributed by atoms with E-state index < -0.39 is 0 Å². The monoisotopic (exact) mass is 249 g/mol. The lowest BCUT2D eigenvalue weighted by Crippen LogP contribution is -2.28. The summed E-state index contributed by atoms with van der Waals surface area (Å²) in [5.74, 6) is 1.17. The van der Waals surface area contributed by atoms with Crippen molar-refractivity contribution in [2.45, 2.75) is 13.3 Å². The van der Waals surface area contributed by atoms with E-state index in [0.717, 1.165) is 0 Å². The fourth-order valence-corrected chi connectivity index (χ4v) is 1.68. The number of benzene rings is 1. The van der Waals surface area contributed by atoms with Gasteiger partial charge in [0.15, 0.2) is 11.5 Å². The average molecular weight is 249 g/mol. The van der Waals surface area contributed by atoms with Gasteiger partial charge in [-0.05, 0) is 25.1 Å². The lowest BCUT2D eigenvalue weighted by atomic mass is 10.1. The summed E-state index contributed by atoms with van der Waals surface area (Å²) in [6, 6.07) is 5.07. The molecule has 1 aromatic rings. The van der Waals surface area contributed by atoms with Crippen LogP contribution in [0.2, 0.25) is 0 Å². The molecule has 0 unspecified atom stereocenters. The Hall–Kier alpha value is -2.04. The molecule has 0 radical (unpaired) electrons. The van der Waals surface area contributed by atoms with Crippen LogP contribution >= 0.6 is 0 Å². The van der Waals surface area contributed by atoms with Crippen LogP contribution in [0.15, 0.2) is 18.2 Å². The predicted octanol–water partition coefficient (Wildman–Crippen LogP) is 1.47. The number of carbonyl (C=O) groups excluding carboxylic acids is 2. The Balaban J connectivity index is 2.06. The SMILES string of the molecule is CC(=O)CCN(C)C(=O)c1ccc2c(c1)OCO2. The van der Waals surface area contributed by atoms with Crippen molar-refractivity contribution in [3.8, 4) is 11.5 Å². The molecule has 18 heavy (non-hydrogen) atoms. The van der Waals surface area contributed by atoms with Crippen molar-refractivity contribution in [3.05, 3.63) is 23.8 Å². The van der Waals surface area contributed by atoms with E-state index in [1.165, 1.54) is 11.8 Å². The molecule has 0 N–H and O–H groups in total. The van der Waals surface area contributed by atoms with Crippen LogP contribution in [0.5, 0.6) is 11.5 Å². The van der Waals surface area contributed by atoms with E-state index in [4.69, 9.17) is 9.47 Å². The van der Waals surface area contributed by atoms with Crippen molar-refractivity contribution in [3.63, 3.8) is 0 Å². The Labute approximate surface area is 105 Å². The Morgan fingerprint density at radius 2 is 2.00 bits per heavy atom. The Kier molecular flexibility index (Phi) is 3.50. The number of Topliss-reactive ketones (excluding diaryl/α,β-unsaturated/α-hetero) is 1. The van der Waals surface area contributed by atoms with Crippen LogP contribution in [0.1, 0.15) is 23.7 Å². The van der Waals surface area contributed by atoms with Crippen molar-refractivity contribution in [2.24, 2.45) is 0 Å². The van der Waals surface area contributed by atoms with Crippen molar-refractivity contribution in [1.82, 2.24) is 4.90 Å². The molecular weight excluding hydrogens is 234 g/mol. The van der Waals surface area contributed by atoms with Gasteiger partial charge in [-0.3, -0.25) is 9.59 Å². The number of carbonyl (C=O) groups is 2. The Morgan fingerprint density at radius 1 is 1.28 bits per heavy atom. The van der Waals surface area contributed by atoms with Gasteiger partial charge in [0.1, 0.15) is 5.78 Å². The molecule has 0 aliphatic carbocycles. The molecule has 5 nitrogen and oxygen atoms in total. The highest BCUT2D eigenvalue weighted by atomic mass is 16.7. The lowest BCUT2D eigenvalue weighted by Gasteiger charge is -2.16. The van der Waals surface area contributed by atoms with Crippen molar-refractivity contribution >= 4 is 11.7 Å².